The van der Waals surface area contributed by atoms with Gasteiger partial charge in [-0.15, -0.1) is 11.3 Å². The van der Waals surface area contributed by atoms with Crippen molar-refractivity contribution in [3.8, 4) is 0 Å². The Morgan fingerprint density at radius 3 is 2.43 bits per heavy atom. The van der Waals surface area contributed by atoms with Crippen molar-refractivity contribution in [2.75, 3.05) is 13.6 Å². The van der Waals surface area contributed by atoms with E-state index in [1.165, 1.54) is 61.9 Å². The van der Waals surface area contributed by atoms with Gasteiger partial charge in [-0.2, -0.15) is 0 Å². The van der Waals surface area contributed by atoms with Crippen LogP contribution in [0.15, 0.2) is 5.51 Å². The van der Waals surface area contributed by atoms with E-state index in [0.717, 1.165) is 13.1 Å². The van der Waals surface area contributed by atoms with E-state index in [4.69, 9.17) is 5.73 Å². The third kappa shape index (κ3) is 7.39. The SMILES string of the molecule is CCCCCCCCCC(CN)N(C)Cc1scnc1C. The van der Waals surface area contributed by atoms with Gasteiger partial charge in [0, 0.05) is 24.0 Å². The van der Waals surface area contributed by atoms with Crippen molar-refractivity contribution in [1.82, 2.24) is 9.88 Å². The van der Waals surface area contributed by atoms with Crippen molar-refractivity contribution in [1.29, 1.82) is 0 Å². The molecule has 1 aromatic heterocycles. The van der Waals surface area contributed by atoms with Gasteiger partial charge in [-0.3, -0.25) is 4.90 Å². The summed E-state index contributed by atoms with van der Waals surface area (Å²) in [6.07, 6.45) is 10.8. The maximum absolute atomic E-state index is 5.97. The monoisotopic (exact) mass is 311 g/mol. The lowest BCUT2D eigenvalue weighted by Gasteiger charge is -2.26. The maximum Gasteiger partial charge on any atom is 0.0798 e. The number of aromatic nitrogens is 1. The van der Waals surface area contributed by atoms with Crippen LogP contribution in [0.5, 0.6) is 0 Å². The van der Waals surface area contributed by atoms with Crippen LogP contribution in [0.25, 0.3) is 0 Å². The molecule has 1 rings (SSSR count). The smallest absolute Gasteiger partial charge is 0.0798 e. The second-order valence-electron chi connectivity index (χ2n) is 6.08. The Labute approximate surface area is 135 Å². The highest BCUT2D eigenvalue weighted by Gasteiger charge is 2.14. The van der Waals surface area contributed by atoms with Crippen LogP contribution in [-0.4, -0.2) is 29.5 Å². The van der Waals surface area contributed by atoms with E-state index in [9.17, 15) is 0 Å². The molecule has 0 aliphatic carbocycles. The number of unbranched alkanes of at least 4 members (excludes halogenated alkanes) is 6. The fraction of sp³-hybridized carbons (Fsp3) is 0.824. The maximum atomic E-state index is 5.97. The summed E-state index contributed by atoms with van der Waals surface area (Å²) < 4.78 is 0. The predicted molar refractivity (Wildman–Crippen MR) is 93.8 cm³/mol. The van der Waals surface area contributed by atoms with Crippen molar-refractivity contribution in [2.45, 2.75) is 77.8 Å². The Kier molecular flexibility index (Phi) is 9.89. The Morgan fingerprint density at radius 1 is 1.19 bits per heavy atom. The number of nitrogens with zero attached hydrogens (tertiary/aromatic N) is 2. The van der Waals surface area contributed by atoms with Gasteiger partial charge in [0.25, 0.3) is 0 Å². The van der Waals surface area contributed by atoms with Crippen LogP contribution in [-0.2, 0) is 6.54 Å². The highest BCUT2D eigenvalue weighted by atomic mass is 32.1. The minimum absolute atomic E-state index is 0.502. The number of hydrogen-bond donors (Lipinski definition) is 1. The molecular weight excluding hydrogens is 278 g/mol. The van der Waals surface area contributed by atoms with Crippen LogP contribution in [0.1, 0.15) is 68.9 Å². The summed E-state index contributed by atoms with van der Waals surface area (Å²) in [6, 6.07) is 0.502. The summed E-state index contributed by atoms with van der Waals surface area (Å²) in [5.74, 6) is 0. The van der Waals surface area contributed by atoms with Crippen LogP contribution >= 0.6 is 11.3 Å². The minimum Gasteiger partial charge on any atom is -0.329 e. The number of thiazole rings is 1. The molecule has 1 atom stereocenters. The first-order chi connectivity index (χ1) is 10.2. The number of rotatable bonds is 12. The van der Waals surface area contributed by atoms with Crippen molar-refractivity contribution in [3.05, 3.63) is 16.1 Å². The first kappa shape index (κ1) is 18.6. The Hall–Kier alpha value is -0.450. The minimum atomic E-state index is 0.502. The molecule has 4 heteroatoms. The van der Waals surface area contributed by atoms with E-state index in [1.807, 2.05) is 5.51 Å². The van der Waals surface area contributed by atoms with Gasteiger partial charge >= 0.3 is 0 Å². The third-order valence-electron chi connectivity index (χ3n) is 4.27. The molecule has 0 aromatic carbocycles. The third-order valence-corrected chi connectivity index (χ3v) is 5.19. The van der Waals surface area contributed by atoms with Crippen LogP contribution in [0, 0.1) is 6.92 Å². The summed E-state index contributed by atoms with van der Waals surface area (Å²) in [5.41, 5.74) is 9.07. The summed E-state index contributed by atoms with van der Waals surface area (Å²) >= 11 is 1.75. The van der Waals surface area contributed by atoms with Gasteiger partial charge in [0.15, 0.2) is 0 Å². The van der Waals surface area contributed by atoms with E-state index < -0.39 is 0 Å². The molecule has 2 N–H and O–H groups in total. The molecule has 122 valence electrons. The second-order valence-corrected chi connectivity index (χ2v) is 7.01. The molecule has 1 heterocycles. The highest BCUT2D eigenvalue weighted by molar-refractivity contribution is 7.09. The molecule has 0 bridgehead atoms. The molecule has 0 aliphatic heterocycles. The Balaban J connectivity index is 2.19. The largest absolute Gasteiger partial charge is 0.329 e. The van der Waals surface area contributed by atoms with Crippen molar-refractivity contribution < 1.29 is 0 Å². The molecule has 0 fully saturated rings. The highest BCUT2D eigenvalue weighted by Crippen LogP contribution is 2.17. The van der Waals surface area contributed by atoms with Gasteiger partial charge in [-0.1, -0.05) is 51.9 Å². The summed E-state index contributed by atoms with van der Waals surface area (Å²) in [4.78, 5) is 8.10. The van der Waals surface area contributed by atoms with Crippen molar-refractivity contribution >= 4 is 11.3 Å². The standard InChI is InChI=1S/C17H33N3S/c1-4-5-6-7-8-9-10-11-16(12-18)20(3)13-17-15(2)19-14-21-17/h14,16H,4-13,18H2,1-3H3. The molecule has 1 aromatic rings. The van der Waals surface area contributed by atoms with Gasteiger partial charge in [0.2, 0.25) is 0 Å². The van der Waals surface area contributed by atoms with Crippen molar-refractivity contribution in [2.24, 2.45) is 5.73 Å². The average molecular weight is 312 g/mol. The molecule has 0 spiro atoms. The molecular formula is C17H33N3S. The summed E-state index contributed by atoms with van der Waals surface area (Å²) in [7, 11) is 2.19. The average Bonchev–Trinajstić information content (AvgIpc) is 2.87. The fourth-order valence-corrected chi connectivity index (χ4v) is 3.53. The number of likely N-dealkylation sites (N-methyl/N-ethyl adjacent to an activating group) is 1. The van der Waals surface area contributed by atoms with E-state index in [0.29, 0.717) is 6.04 Å². The van der Waals surface area contributed by atoms with Crippen LogP contribution in [0.3, 0.4) is 0 Å². The molecule has 0 amide bonds. The topological polar surface area (TPSA) is 42.1 Å². The fourth-order valence-electron chi connectivity index (χ4n) is 2.69. The molecule has 0 saturated carbocycles. The Morgan fingerprint density at radius 2 is 1.86 bits per heavy atom. The molecule has 1 unspecified atom stereocenters. The van der Waals surface area contributed by atoms with Gasteiger partial charge in [-0.25, -0.2) is 4.98 Å². The van der Waals surface area contributed by atoms with Gasteiger partial charge in [0.05, 0.1) is 11.2 Å². The van der Waals surface area contributed by atoms with Crippen LogP contribution < -0.4 is 5.73 Å². The zero-order valence-electron chi connectivity index (χ0n) is 14.1. The first-order valence-corrected chi connectivity index (χ1v) is 9.36. The molecule has 0 saturated heterocycles. The van der Waals surface area contributed by atoms with Gasteiger partial charge < -0.3 is 5.73 Å². The number of nitrogens with two attached hydrogens (primary N) is 1. The zero-order valence-corrected chi connectivity index (χ0v) is 14.9. The number of hydrogen-bond acceptors (Lipinski definition) is 4. The van der Waals surface area contributed by atoms with Gasteiger partial charge in [0.1, 0.15) is 0 Å². The lowest BCUT2D eigenvalue weighted by Crippen LogP contribution is -2.37. The van der Waals surface area contributed by atoms with Gasteiger partial charge in [-0.05, 0) is 20.4 Å². The Bertz CT molecular complexity index is 365. The van der Waals surface area contributed by atoms with E-state index in [2.05, 4.69) is 30.8 Å². The van der Waals surface area contributed by atoms with Crippen LogP contribution in [0.2, 0.25) is 0 Å². The summed E-state index contributed by atoms with van der Waals surface area (Å²) in [6.45, 7) is 6.10. The zero-order chi connectivity index (χ0) is 15.5. The van der Waals surface area contributed by atoms with Crippen LogP contribution in [0.4, 0.5) is 0 Å². The second kappa shape index (κ2) is 11.2. The summed E-state index contributed by atoms with van der Waals surface area (Å²) in [5, 5.41) is 0. The molecule has 3 nitrogen and oxygen atoms in total. The first-order valence-electron chi connectivity index (χ1n) is 8.48. The lowest BCUT2D eigenvalue weighted by atomic mass is 10.0. The quantitative estimate of drug-likeness (QED) is 0.583. The predicted octanol–water partition coefficient (Wildman–Crippen LogP) is 4.35. The van der Waals surface area contributed by atoms with E-state index >= 15 is 0 Å². The number of aryl methyl sites for hydroxylation is 1. The van der Waals surface area contributed by atoms with E-state index in [-0.39, 0.29) is 0 Å². The van der Waals surface area contributed by atoms with Crippen molar-refractivity contribution in [3.63, 3.8) is 0 Å². The normalized spacial score (nSPS) is 13.0. The molecule has 0 aliphatic rings. The molecule has 21 heavy (non-hydrogen) atoms. The molecule has 0 radical (unpaired) electrons. The van der Waals surface area contributed by atoms with E-state index in [1.54, 1.807) is 11.3 Å². The lowest BCUT2D eigenvalue weighted by molar-refractivity contribution is 0.224.